The number of halogens is 1. The van der Waals surface area contributed by atoms with Crippen molar-refractivity contribution in [2.24, 2.45) is 0 Å². The van der Waals surface area contributed by atoms with Crippen molar-refractivity contribution in [3.63, 3.8) is 0 Å². The molecule has 2 nitrogen and oxygen atoms in total. The topological polar surface area (TPSA) is 29.1 Å². The maximum Gasteiger partial charge on any atom is 0.188 e. The molecule has 2 aromatic rings. The summed E-state index contributed by atoms with van der Waals surface area (Å²) in [4.78, 5) is 12.5. The lowest BCUT2D eigenvalue weighted by molar-refractivity contribution is 0.104. The molecule has 0 amide bonds. The predicted octanol–water partition coefficient (Wildman–Crippen LogP) is 6.43. The van der Waals surface area contributed by atoms with Crippen LogP contribution in [0.1, 0.15) is 61.4 Å². The first-order valence-corrected chi connectivity index (χ1v) is 10.0. The highest BCUT2D eigenvalue weighted by atomic mass is 127. The standard InChI is InChI=1S/C21H24INO/c1-2-3-4-5-6-7-12-23-18-10-8-15-13-17(22)14-16-9-11-19(24)21(18)20(15)16/h8-11,13-14,23H,2-7,12H2,1H3. The number of hydrogen-bond acceptors (Lipinski definition) is 2. The zero-order valence-electron chi connectivity index (χ0n) is 14.2. The van der Waals surface area contributed by atoms with E-state index in [9.17, 15) is 4.79 Å². The van der Waals surface area contributed by atoms with E-state index in [2.05, 4.69) is 59.1 Å². The summed E-state index contributed by atoms with van der Waals surface area (Å²) < 4.78 is 1.20. The van der Waals surface area contributed by atoms with Crippen LogP contribution in [0.5, 0.6) is 0 Å². The van der Waals surface area contributed by atoms with E-state index in [1.807, 2.05) is 6.08 Å². The molecule has 24 heavy (non-hydrogen) atoms. The van der Waals surface area contributed by atoms with Crippen LogP contribution in [0.3, 0.4) is 0 Å². The minimum Gasteiger partial charge on any atom is -0.384 e. The summed E-state index contributed by atoms with van der Waals surface area (Å²) in [6.45, 7) is 3.18. The Morgan fingerprint density at radius 3 is 2.62 bits per heavy atom. The van der Waals surface area contributed by atoms with Crippen molar-refractivity contribution in [3.05, 3.63) is 45.0 Å². The molecule has 1 aliphatic carbocycles. The van der Waals surface area contributed by atoms with Gasteiger partial charge in [-0.25, -0.2) is 0 Å². The van der Waals surface area contributed by atoms with E-state index in [0.29, 0.717) is 0 Å². The highest BCUT2D eigenvalue weighted by Crippen LogP contribution is 2.34. The summed E-state index contributed by atoms with van der Waals surface area (Å²) in [5.74, 6) is 0.111. The van der Waals surface area contributed by atoms with Gasteiger partial charge < -0.3 is 5.32 Å². The molecule has 0 unspecified atom stereocenters. The van der Waals surface area contributed by atoms with Gasteiger partial charge in [0.25, 0.3) is 0 Å². The SMILES string of the molecule is CCCCCCCCNc1ccc2cc(I)cc3c2c1C(=O)C=C3. The molecule has 3 rings (SSSR count). The van der Waals surface area contributed by atoms with Gasteiger partial charge in [0.2, 0.25) is 0 Å². The fraction of sp³-hybridized carbons (Fsp3) is 0.381. The molecule has 0 fully saturated rings. The lowest BCUT2D eigenvalue weighted by Gasteiger charge is -2.17. The van der Waals surface area contributed by atoms with Gasteiger partial charge in [0.1, 0.15) is 0 Å². The molecule has 2 aromatic carbocycles. The van der Waals surface area contributed by atoms with Crippen molar-refractivity contribution < 1.29 is 4.79 Å². The number of allylic oxidation sites excluding steroid dienone is 1. The van der Waals surface area contributed by atoms with Crippen molar-refractivity contribution in [2.45, 2.75) is 45.4 Å². The summed E-state index contributed by atoms with van der Waals surface area (Å²) >= 11 is 2.33. The second-order valence-electron chi connectivity index (χ2n) is 6.47. The van der Waals surface area contributed by atoms with E-state index < -0.39 is 0 Å². The highest BCUT2D eigenvalue weighted by Gasteiger charge is 2.19. The van der Waals surface area contributed by atoms with Crippen LogP contribution in [0, 0.1) is 3.57 Å². The van der Waals surface area contributed by atoms with Crippen molar-refractivity contribution in [1.82, 2.24) is 0 Å². The molecule has 126 valence electrons. The van der Waals surface area contributed by atoms with E-state index in [1.54, 1.807) is 6.08 Å². The fourth-order valence-corrected chi connectivity index (χ4v) is 4.04. The maximum absolute atomic E-state index is 12.5. The Hall–Kier alpha value is -1.36. The average molecular weight is 433 g/mol. The molecule has 0 aromatic heterocycles. The number of carbonyl (C=O) groups excluding carboxylic acids is 1. The van der Waals surface area contributed by atoms with Gasteiger partial charge in [-0.3, -0.25) is 4.79 Å². The summed E-state index contributed by atoms with van der Waals surface area (Å²) in [5.41, 5.74) is 2.97. The molecule has 0 radical (unpaired) electrons. The van der Waals surface area contributed by atoms with Crippen LogP contribution in [0.15, 0.2) is 30.3 Å². The summed E-state index contributed by atoms with van der Waals surface area (Å²) in [5, 5.41) is 5.74. The molecule has 0 atom stereocenters. The third kappa shape index (κ3) is 3.82. The van der Waals surface area contributed by atoms with Gasteiger partial charge in [-0.05, 0) is 64.2 Å². The van der Waals surface area contributed by atoms with Crippen molar-refractivity contribution in [1.29, 1.82) is 0 Å². The molecular weight excluding hydrogens is 409 g/mol. The molecule has 0 aliphatic heterocycles. The Morgan fingerprint density at radius 2 is 1.79 bits per heavy atom. The van der Waals surface area contributed by atoms with Crippen LogP contribution >= 0.6 is 22.6 Å². The van der Waals surface area contributed by atoms with E-state index >= 15 is 0 Å². The first-order chi connectivity index (χ1) is 11.7. The minimum atomic E-state index is 0.111. The Labute approximate surface area is 157 Å². The van der Waals surface area contributed by atoms with Crippen LogP contribution in [0.25, 0.3) is 16.8 Å². The second kappa shape index (κ2) is 8.15. The maximum atomic E-state index is 12.5. The minimum absolute atomic E-state index is 0.111. The lowest BCUT2D eigenvalue weighted by Crippen LogP contribution is -2.10. The zero-order chi connectivity index (χ0) is 16.9. The van der Waals surface area contributed by atoms with E-state index in [4.69, 9.17) is 0 Å². The molecular formula is C21H24INO. The third-order valence-corrected chi connectivity index (χ3v) is 5.24. The van der Waals surface area contributed by atoms with Gasteiger partial charge in [0, 0.05) is 21.2 Å². The molecule has 0 bridgehead atoms. The van der Waals surface area contributed by atoms with Crippen LogP contribution in [-0.2, 0) is 0 Å². The molecule has 0 saturated heterocycles. The Bertz CT molecular complexity index is 779. The predicted molar refractivity (Wildman–Crippen MR) is 112 cm³/mol. The number of benzene rings is 2. The fourth-order valence-electron chi connectivity index (χ4n) is 3.37. The molecule has 0 saturated carbocycles. The summed E-state index contributed by atoms with van der Waals surface area (Å²) in [6.07, 6.45) is 11.3. The van der Waals surface area contributed by atoms with E-state index in [1.165, 1.54) is 35.7 Å². The third-order valence-electron chi connectivity index (χ3n) is 4.62. The van der Waals surface area contributed by atoms with Gasteiger partial charge in [-0.1, -0.05) is 51.2 Å². The van der Waals surface area contributed by atoms with Gasteiger partial charge in [0.15, 0.2) is 5.78 Å². The van der Waals surface area contributed by atoms with Crippen LogP contribution in [0.2, 0.25) is 0 Å². The van der Waals surface area contributed by atoms with Crippen LogP contribution < -0.4 is 5.32 Å². The molecule has 1 N–H and O–H groups in total. The second-order valence-corrected chi connectivity index (χ2v) is 7.72. The molecule has 0 spiro atoms. The number of hydrogen-bond donors (Lipinski definition) is 1. The lowest BCUT2D eigenvalue weighted by atomic mass is 9.91. The smallest absolute Gasteiger partial charge is 0.188 e. The molecule has 1 aliphatic rings. The van der Waals surface area contributed by atoms with Gasteiger partial charge >= 0.3 is 0 Å². The number of carbonyl (C=O) groups is 1. The van der Waals surface area contributed by atoms with Gasteiger partial charge in [-0.2, -0.15) is 0 Å². The van der Waals surface area contributed by atoms with Crippen molar-refractivity contribution in [3.8, 4) is 0 Å². The average Bonchev–Trinajstić information content (AvgIpc) is 2.57. The van der Waals surface area contributed by atoms with Crippen LogP contribution in [0.4, 0.5) is 5.69 Å². The Morgan fingerprint density at radius 1 is 1.00 bits per heavy atom. The largest absolute Gasteiger partial charge is 0.384 e. The normalized spacial score (nSPS) is 12.8. The summed E-state index contributed by atoms with van der Waals surface area (Å²) in [6, 6.07) is 8.48. The van der Waals surface area contributed by atoms with Crippen molar-refractivity contribution in [2.75, 3.05) is 11.9 Å². The first kappa shape index (κ1) is 17.5. The van der Waals surface area contributed by atoms with Gasteiger partial charge in [-0.15, -0.1) is 0 Å². The Balaban J connectivity index is 1.74. The molecule has 3 heteroatoms. The van der Waals surface area contributed by atoms with E-state index in [0.717, 1.165) is 40.6 Å². The first-order valence-electron chi connectivity index (χ1n) is 8.93. The number of rotatable bonds is 8. The highest BCUT2D eigenvalue weighted by molar-refractivity contribution is 14.1. The van der Waals surface area contributed by atoms with Crippen molar-refractivity contribution >= 4 is 50.9 Å². The monoisotopic (exact) mass is 433 g/mol. The number of nitrogens with one attached hydrogen (secondary N) is 1. The van der Waals surface area contributed by atoms with Gasteiger partial charge in [0.05, 0.1) is 5.56 Å². The van der Waals surface area contributed by atoms with Crippen LogP contribution in [-0.4, -0.2) is 12.3 Å². The molecule has 0 heterocycles. The number of unbranched alkanes of at least 4 members (excludes halogenated alkanes) is 5. The zero-order valence-corrected chi connectivity index (χ0v) is 16.4. The quantitative estimate of drug-likeness (QED) is 0.384. The number of ketones is 1. The number of anilines is 1. The Kier molecular flexibility index (Phi) is 5.93. The van der Waals surface area contributed by atoms with E-state index in [-0.39, 0.29) is 5.78 Å². The summed E-state index contributed by atoms with van der Waals surface area (Å²) in [7, 11) is 0.